The van der Waals surface area contributed by atoms with Gasteiger partial charge in [-0.3, -0.25) is 4.79 Å². The number of anilines is 2. The van der Waals surface area contributed by atoms with Crippen molar-refractivity contribution in [3.63, 3.8) is 0 Å². The van der Waals surface area contributed by atoms with Crippen LogP contribution < -0.4 is 21.3 Å². The molecule has 1 heterocycles. The molecule has 1 aliphatic heterocycles. The molecule has 25 heavy (non-hydrogen) atoms. The summed E-state index contributed by atoms with van der Waals surface area (Å²) in [6.07, 6.45) is 2.31. The Morgan fingerprint density at radius 1 is 1.36 bits per heavy atom. The van der Waals surface area contributed by atoms with Crippen molar-refractivity contribution in [2.75, 3.05) is 36.5 Å². The van der Waals surface area contributed by atoms with Gasteiger partial charge in [0, 0.05) is 17.6 Å². The predicted molar refractivity (Wildman–Crippen MR) is 102 cm³/mol. The van der Waals surface area contributed by atoms with Crippen molar-refractivity contribution >= 4 is 39.2 Å². The highest BCUT2D eigenvalue weighted by Crippen LogP contribution is 2.30. The number of primary amides is 1. The van der Waals surface area contributed by atoms with E-state index in [2.05, 4.69) is 31.5 Å². The Morgan fingerprint density at radius 2 is 2.08 bits per heavy atom. The maximum Gasteiger partial charge on any atom is 0.312 e. The van der Waals surface area contributed by atoms with E-state index in [1.807, 2.05) is 25.1 Å². The molecule has 8 heteroatoms. The lowest BCUT2D eigenvalue weighted by Gasteiger charge is -2.31. The van der Waals surface area contributed by atoms with Crippen molar-refractivity contribution in [2.45, 2.75) is 32.2 Å². The SMILES string of the molecule is CCCCC(NC(N)=O)C(=O)Nc1cc(Br)ccc1N1CCOCC1. The monoisotopic (exact) mass is 412 g/mol. The molecule has 4 N–H and O–H groups in total. The Labute approximate surface area is 156 Å². The van der Waals surface area contributed by atoms with Gasteiger partial charge < -0.3 is 26.0 Å². The molecule has 1 aromatic rings. The van der Waals surface area contributed by atoms with E-state index in [9.17, 15) is 9.59 Å². The highest BCUT2D eigenvalue weighted by atomic mass is 79.9. The minimum Gasteiger partial charge on any atom is -0.378 e. The molecule has 1 atom stereocenters. The number of benzene rings is 1. The van der Waals surface area contributed by atoms with Gasteiger partial charge in [-0.15, -0.1) is 0 Å². The van der Waals surface area contributed by atoms with Gasteiger partial charge in [-0.25, -0.2) is 4.79 Å². The van der Waals surface area contributed by atoms with Gasteiger partial charge in [-0.05, 0) is 24.6 Å². The summed E-state index contributed by atoms with van der Waals surface area (Å²) in [7, 11) is 0. The van der Waals surface area contributed by atoms with Gasteiger partial charge in [0.15, 0.2) is 0 Å². The third-order valence-corrected chi connectivity index (χ3v) is 4.54. The number of rotatable bonds is 7. The number of ether oxygens (including phenoxy) is 1. The molecule has 138 valence electrons. The Bertz CT molecular complexity index is 606. The molecule has 1 fully saturated rings. The second-order valence-electron chi connectivity index (χ2n) is 5.95. The van der Waals surface area contributed by atoms with E-state index in [1.54, 1.807) is 0 Å². The molecule has 0 spiro atoms. The molecule has 0 aliphatic carbocycles. The number of amides is 3. The standard InChI is InChI=1S/C17H25BrN4O3/c1-2-3-4-13(21-17(19)24)16(23)20-14-11-12(18)5-6-15(14)22-7-9-25-10-8-22/h5-6,11,13H,2-4,7-10H2,1H3,(H,20,23)(H3,19,21,24). The lowest BCUT2D eigenvalue weighted by Crippen LogP contribution is -2.46. The minimum absolute atomic E-state index is 0.264. The van der Waals surface area contributed by atoms with E-state index in [0.29, 0.717) is 25.3 Å². The second-order valence-corrected chi connectivity index (χ2v) is 6.87. The minimum atomic E-state index is -0.695. The van der Waals surface area contributed by atoms with E-state index in [-0.39, 0.29) is 5.91 Å². The van der Waals surface area contributed by atoms with Crippen LogP contribution in [0.2, 0.25) is 0 Å². The lowest BCUT2D eigenvalue weighted by atomic mass is 10.1. The highest BCUT2D eigenvalue weighted by Gasteiger charge is 2.22. The average Bonchev–Trinajstić information content (AvgIpc) is 2.59. The van der Waals surface area contributed by atoms with Crippen molar-refractivity contribution in [3.05, 3.63) is 22.7 Å². The fourth-order valence-corrected chi connectivity index (χ4v) is 3.12. The van der Waals surface area contributed by atoms with Crippen LogP contribution in [0.25, 0.3) is 0 Å². The van der Waals surface area contributed by atoms with E-state index < -0.39 is 12.1 Å². The first-order valence-electron chi connectivity index (χ1n) is 8.50. The first kappa shape index (κ1) is 19.5. The van der Waals surface area contributed by atoms with Gasteiger partial charge in [0.1, 0.15) is 6.04 Å². The molecule has 1 unspecified atom stereocenters. The van der Waals surface area contributed by atoms with E-state index >= 15 is 0 Å². The van der Waals surface area contributed by atoms with E-state index in [4.69, 9.17) is 10.5 Å². The molecule has 0 bridgehead atoms. The Hall–Kier alpha value is -1.80. The van der Waals surface area contributed by atoms with Gasteiger partial charge in [-0.1, -0.05) is 35.7 Å². The van der Waals surface area contributed by atoms with Crippen LogP contribution in [-0.2, 0) is 9.53 Å². The van der Waals surface area contributed by atoms with Gasteiger partial charge >= 0.3 is 6.03 Å². The summed E-state index contributed by atoms with van der Waals surface area (Å²) in [4.78, 5) is 26.0. The summed E-state index contributed by atoms with van der Waals surface area (Å²) in [5, 5.41) is 5.47. The summed E-state index contributed by atoms with van der Waals surface area (Å²) >= 11 is 3.45. The van der Waals surface area contributed by atoms with Crippen molar-refractivity contribution < 1.29 is 14.3 Å². The van der Waals surface area contributed by atoms with Crippen LogP contribution in [0.1, 0.15) is 26.2 Å². The number of nitrogens with two attached hydrogens (primary N) is 1. The molecule has 1 saturated heterocycles. The zero-order valence-corrected chi connectivity index (χ0v) is 16.0. The fourth-order valence-electron chi connectivity index (χ4n) is 2.76. The van der Waals surface area contributed by atoms with Crippen molar-refractivity contribution in [1.82, 2.24) is 5.32 Å². The van der Waals surface area contributed by atoms with Crippen LogP contribution >= 0.6 is 15.9 Å². The Balaban J connectivity index is 2.16. The molecule has 3 amide bonds. The third-order valence-electron chi connectivity index (χ3n) is 4.05. The van der Waals surface area contributed by atoms with Crippen LogP contribution in [0.5, 0.6) is 0 Å². The topological polar surface area (TPSA) is 96.7 Å². The van der Waals surface area contributed by atoms with Crippen LogP contribution in [0.4, 0.5) is 16.2 Å². The smallest absolute Gasteiger partial charge is 0.312 e. The molecule has 0 radical (unpaired) electrons. The van der Waals surface area contributed by atoms with Gasteiger partial charge in [0.2, 0.25) is 5.91 Å². The third kappa shape index (κ3) is 5.89. The summed E-state index contributed by atoms with van der Waals surface area (Å²) in [6.45, 7) is 4.88. The van der Waals surface area contributed by atoms with Crippen LogP contribution in [0, 0.1) is 0 Å². The summed E-state index contributed by atoms with van der Waals surface area (Å²) in [5.41, 5.74) is 6.85. The number of halogens is 1. The number of hydrogen-bond acceptors (Lipinski definition) is 4. The number of morpholine rings is 1. The fraction of sp³-hybridized carbons (Fsp3) is 0.529. The summed E-state index contributed by atoms with van der Waals surface area (Å²) < 4.78 is 6.26. The molecule has 1 aliphatic rings. The lowest BCUT2D eigenvalue weighted by molar-refractivity contribution is -0.118. The molecule has 0 saturated carbocycles. The van der Waals surface area contributed by atoms with Gasteiger partial charge in [0.05, 0.1) is 24.6 Å². The van der Waals surface area contributed by atoms with Crippen molar-refractivity contribution in [2.24, 2.45) is 5.73 Å². The highest BCUT2D eigenvalue weighted by molar-refractivity contribution is 9.10. The first-order chi connectivity index (χ1) is 12.0. The largest absolute Gasteiger partial charge is 0.378 e. The Kier molecular flexibility index (Phi) is 7.52. The zero-order chi connectivity index (χ0) is 18.2. The number of carbonyl (C=O) groups is 2. The number of carbonyl (C=O) groups excluding carboxylic acids is 2. The quantitative estimate of drug-likeness (QED) is 0.640. The zero-order valence-electron chi connectivity index (χ0n) is 14.4. The molecule has 1 aromatic carbocycles. The molecular formula is C17H25BrN4O3. The normalized spacial score (nSPS) is 15.5. The average molecular weight is 413 g/mol. The second kappa shape index (κ2) is 9.62. The number of nitrogens with one attached hydrogen (secondary N) is 2. The van der Waals surface area contributed by atoms with Gasteiger partial charge in [-0.2, -0.15) is 0 Å². The maximum atomic E-state index is 12.7. The predicted octanol–water partition coefficient (Wildman–Crippen LogP) is 2.45. The summed E-state index contributed by atoms with van der Waals surface area (Å²) in [5.74, 6) is -0.264. The number of nitrogens with zero attached hydrogens (tertiary/aromatic N) is 1. The number of unbranched alkanes of at least 4 members (excludes halogenated alkanes) is 1. The van der Waals surface area contributed by atoms with Crippen LogP contribution in [0.15, 0.2) is 22.7 Å². The van der Waals surface area contributed by atoms with Crippen molar-refractivity contribution in [3.8, 4) is 0 Å². The first-order valence-corrected chi connectivity index (χ1v) is 9.29. The molecule has 2 rings (SSSR count). The van der Waals surface area contributed by atoms with Crippen LogP contribution in [-0.4, -0.2) is 44.3 Å². The van der Waals surface area contributed by atoms with Crippen molar-refractivity contribution in [1.29, 1.82) is 0 Å². The maximum absolute atomic E-state index is 12.7. The molecule has 7 nitrogen and oxygen atoms in total. The van der Waals surface area contributed by atoms with E-state index in [1.165, 1.54) is 0 Å². The van der Waals surface area contributed by atoms with Crippen LogP contribution in [0.3, 0.4) is 0 Å². The van der Waals surface area contributed by atoms with E-state index in [0.717, 1.165) is 36.1 Å². The summed E-state index contributed by atoms with van der Waals surface area (Å²) in [6, 6.07) is 4.43. The Morgan fingerprint density at radius 3 is 2.72 bits per heavy atom. The molecular weight excluding hydrogens is 388 g/mol. The number of hydrogen-bond donors (Lipinski definition) is 3. The number of urea groups is 1. The molecule has 0 aromatic heterocycles. The van der Waals surface area contributed by atoms with Gasteiger partial charge in [0.25, 0.3) is 0 Å².